The topological polar surface area (TPSA) is 30.2 Å². The molecule has 0 spiro atoms. The van der Waals surface area contributed by atoms with Gasteiger partial charge in [0.2, 0.25) is 0 Å². The summed E-state index contributed by atoms with van der Waals surface area (Å²) in [6.07, 6.45) is 2.32. The van der Waals surface area contributed by atoms with E-state index in [9.17, 15) is 4.79 Å². The Labute approximate surface area is 101 Å². The fourth-order valence-corrected chi connectivity index (χ4v) is 1.73. The third-order valence-corrected chi connectivity index (χ3v) is 2.82. The minimum absolute atomic E-state index is 0.156. The van der Waals surface area contributed by atoms with Gasteiger partial charge in [0.05, 0.1) is 6.26 Å². The molecule has 0 aliphatic carbocycles. The highest BCUT2D eigenvalue weighted by atomic mass is 16.3. The summed E-state index contributed by atoms with van der Waals surface area (Å²) in [5.41, 5.74) is 3.45. The van der Waals surface area contributed by atoms with E-state index in [1.165, 1.54) is 5.56 Å². The molecule has 0 radical (unpaired) electrons. The minimum atomic E-state index is 0.156. The number of carbonyl (C=O) groups is 1. The molecule has 1 aromatic carbocycles. The van der Waals surface area contributed by atoms with Crippen molar-refractivity contribution in [3.05, 3.63) is 47.9 Å². The van der Waals surface area contributed by atoms with Gasteiger partial charge in [0, 0.05) is 5.56 Å². The molecule has 17 heavy (non-hydrogen) atoms. The first-order chi connectivity index (χ1) is 8.00. The van der Waals surface area contributed by atoms with Gasteiger partial charge in [0.25, 0.3) is 0 Å². The van der Waals surface area contributed by atoms with Gasteiger partial charge in [-0.15, -0.1) is 0 Å². The number of rotatable bonds is 2. The van der Waals surface area contributed by atoms with Gasteiger partial charge in [-0.2, -0.15) is 0 Å². The Balaban J connectivity index is 2.32. The molecule has 0 N–H and O–H groups in total. The Bertz CT molecular complexity index is 513. The van der Waals surface area contributed by atoms with Gasteiger partial charge in [-0.25, -0.2) is 0 Å². The van der Waals surface area contributed by atoms with Crippen LogP contribution in [0.2, 0.25) is 0 Å². The molecule has 0 aliphatic rings. The van der Waals surface area contributed by atoms with E-state index < -0.39 is 0 Å². The first kappa shape index (κ1) is 11.6. The quantitative estimate of drug-likeness (QED) is 0.726. The van der Waals surface area contributed by atoms with Gasteiger partial charge < -0.3 is 4.42 Å². The average Bonchev–Trinajstić information content (AvgIpc) is 2.76. The maximum Gasteiger partial charge on any atom is 0.185 e. The monoisotopic (exact) mass is 228 g/mol. The average molecular weight is 228 g/mol. The van der Waals surface area contributed by atoms with E-state index in [0.717, 1.165) is 11.1 Å². The maximum atomic E-state index is 10.5. The van der Waals surface area contributed by atoms with Gasteiger partial charge >= 0.3 is 0 Å². The van der Waals surface area contributed by atoms with E-state index in [4.69, 9.17) is 4.42 Å². The van der Waals surface area contributed by atoms with E-state index >= 15 is 0 Å². The summed E-state index contributed by atoms with van der Waals surface area (Å²) < 4.78 is 5.10. The van der Waals surface area contributed by atoms with Crippen LogP contribution in [0.4, 0.5) is 0 Å². The van der Waals surface area contributed by atoms with Gasteiger partial charge in [0.15, 0.2) is 12.0 Å². The maximum absolute atomic E-state index is 10.5. The highest BCUT2D eigenvalue weighted by molar-refractivity contribution is 5.75. The molecular formula is C15H16O2. The Morgan fingerprint density at radius 3 is 2.18 bits per heavy atom. The van der Waals surface area contributed by atoms with Crippen LogP contribution >= 0.6 is 0 Å². The molecule has 2 aromatic rings. The van der Waals surface area contributed by atoms with Crippen molar-refractivity contribution in [1.82, 2.24) is 0 Å². The second-order valence-corrected chi connectivity index (χ2v) is 5.18. The van der Waals surface area contributed by atoms with Crippen molar-refractivity contribution >= 4 is 6.29 Å². The van der Waals surface area contributed by atoms with Gasteiger partial charge in [-0.05, 0) is 22.6 Å². The van der Waals surface area contributed by atoms with Gasteiger partial charge in [0.1, 0.15) is 0 Å². The summed E-state index contributed by atoms with van der Waals surface area (Å²) >= 11 is 0. The normalized spacial score (nSPS) is 11.5. The van der Waals surface area contributed by atoms with Crippen LogP contribution in [0.25, 0.3) is 11.1 Å². The fraction of sp³-hybridized carbons (Fsp3) is 0.267. The number of hydrogen-bond donors (Lipinski definition) is 0. The van der Waals surface area contributed by atoms with Crippen LogP contribution in [0.15, 0.2) is 41.0 Å². The summed E-state index contributed by atoms with van der Waals surface area (Å²) in [5.74, 6) is 0.361. The Morgan fingerprint density at radius 1 is 1.06 bits per heavy atom. The first-order valence-electron chi connectivity index (χ1n) is 5.65. The summed E-state index contributed by atoms with van der Waals surface area (Å²) in [6, 6.07) is 10.1. The molecule has 2 rings (SSSR count). The summed E-state index contributed by atoms with van der Waals surface area (Å²) in [7, 11) is 0. The van der Waals surface area contributed by atoms with E-state index in [1.807, 2.05) is 0 Å². The van der Waals surface area contributed by atoms with Crippen molar-refractivity contribution in [2.75, 3.05) is 0 Å². The van der Waals surface area contributed by atoms with Crippen LogP contribution in [0.3, 0.4) is 0 Å². The molecule has 0 aliphatic heterocycles. The third-order valence-electron chi connectivity index (χ3n) is 2.82. The van der Waals surface area contributed by atoms with E-state index in [1.54, 1.807) is 12.3 Å². The van der Waals surface area contributed by atoms with Crippen molar-refractivity contribution in [3.63, 3.8) is 0 Å². The van der Waals surface area contributed by atoms with Crippen LogP contribution in [0, 0.1) is 0 Å². The molecule has 0 bridgehead atoms. The van der Waals surface area contributed by atoms with Gasteiger partial charge in [-0.3, -0.25) is 4.79 Å². The largest absolute Gasteiger partial charge is 0.461 e. The van der Waals surface area contributed by atoms with Crippen molar-refractivity contribution in [1.29, 1.82) is 0 Å². The molecule has 0 saturated heterocycles. The lowest BCUT2D eigenvalue weighted by molar-refractivity contribution is 0.110. The molecular weight excluding hydrogens is 212 g/mol. The Kier molecular flexibility index (Phi) is 2.88. The molecule has 0 fully saturated rings. The predicted molar refractivity (Wildman–Crippen MR) is 68.2 cm³/mol. The van der Waals surface area contributed by atoms with Crippen LogP contribution in [-0.4, -0.2) is 6.29 Å². The number of benzene rings is 1. The molecule has 2 nitrogen and oxygen atoms in total. The SMILES string of the molecule is CC(C)(C)c1ccc(-c2coc(C=O)c2)cc1. The second-order valence-electron chi connectivity index (χ2n) is 5.18. The smallest absolute Gasteiger partial charge is 0.185 e. The molecule has 0 amide bonds. The lowest BCUT2D eigenvalue weighted by Gasteiger charge is -2.18. The van der Waals surface area contributed by atoms with Crippen LogP contribution in [-0.2, 0) is 5.41 Å². The van der Waals surface area contributed by atoms with E-state index in [0.29, 0.717) is 12.0 Å². The molecule has 2 heteroatoms. The number of hydrogen-bond acceptors (Lipinski definition) is 2. The second kappa shape index (κ2) is 4.21. The highest BCUT2D eigenvalue weighted by Gasteiger charge is 2.13. The zero-order chi connectivity index (χ0) is 12.5. The molecule has 1 aromatic heterocycles. The Hall–Kier alpha value is -1.83. The summed E-state index contributed by atoms with van der Waals surface area (Å²) in [4.78, 5) is 10.5. The van der Waals surface area contributed by atoms with Crippen molar-refractivity contribution in [2.45, 2.75) is 26.2 Å². The lowest BCUT2D eigenvalue weighted by atomic mass is 9.86. The van der Waals surface area contributed by atoms with E-state index in [2.05, 4.69) is 45.0 Å². The standard InChI is InChI=1S/C15H16O2/c1-15(2,3)13-6-4-11(5-7-13)12-8-14(9-16)17-10-12/h4-10H,1-3H3. The number of furan rings is 1. The summed E-state index contributed by atoms with van der Waals surface area (Å²) in [5, 5.41) is 0. The van der Waals surface area contributed by atoms with Crippen molar-refractivity contribution < 1.29 is 9.21 Å². The minimum Gasteiger partial charge on any atom is -0.461 e. The van der Waals surface area contributed by atoms with Gasteiger partial charge in [-0.1, -0.05) is 45.0 Å². The zero-order valence-corrected chi connectivity index (χ0v) is 10.4. The Morgan fingerprint density at radius 2 is 1.71 bits per heavy atom. The molecule has 1 heterocycles. The zero-order valence-electron chi connectivity index (χ0n) is 10.4. The fourth-order valence-electron chi connectivity index (χ4n) is 1.73. The predicted octanol–water partition coefficient (Wildman–Crippen LogP) is 4.06. The number of aldehydes is 1. The summed E-state index contributed by atoms with van der Waals surface area (Å²) in [6.45, 7) is 6.55. The van der Waals surface area contributed by atoms with Crippen LogP contribution in [0.5, 0.6) is 0 Å². The third kappa shape index (κ3) is 2.47. The first-order valence-corrected chi connectivity index (χ1v) is 5.65. The molecule has 88 valence electrons. The van der Waals surface area contributed by atoms with Crippen LogP contribution in [0.1, 0.15) is 36.9 Å². The van der Waals surface area contributed by atoms with Crippen molar-refractivity contribution in [3.8, 4) is 11.1 Å². The highest BCUT2D eigenvalue weighted by Crippen LogP contribution is 2.26. The van der Waals surface area contributed by atoms with Crippen molar-refractivity contribution in [2.24, 2.45) is 0 Å². The lowest BCUT2D eigenvalue weighted by Crippen LogP contribution is -2.10. The molecule has 0 atom stereocenters. The van der Waals surface area contributed by atoms with Crippen LogP contribution < -0.4 is 0 Å². The molecule has 0 saturated carbocycles. The number of carbonyl (C=O) groups excluding carboxylic acids is 1. The van der Waals surface area contributed by atoms with E-state index in [-0.39, 0.29) is 5.41 Å². The molecule has 0 unspecified atom stereocenters.